The summed E-state index contributed by atoms with van der Waals surface area (Å²) in [5.41, 5.74) is 5.02. The molecule has 2 atom stereocenters. The molecule has 88 valence electrons. The molecule has 0 aromatic carbocycles. The van der Waals surface area contributed by atoms with E-state index in [-0.39, 0.29) is 0 Å². The third kappa shape index (κ3) is 5.30. The quantitative estimate of drug-likeness (QED) is 0.410. The molecule has 15 heavy (non-hydrogen) atoms. The summed E-state index contributed by atoms with van der Waals surface area (Å²) in [7, 11) is -4.61. The highest BCUT2D eigenvalue weighted by molar-refractivity contribution is 7.86. The van der Waals surface area contributed by atoms with Crippen LogP contribution in [0, 0.1) is 0 Å². The molecular weight excluding hydrogens is 230 g/mol. The molecule has 5 N–H and O–H groups in total. The molecule has 0 fully saturated rings. The van der Waals surface area contributed by atoms with Crippen LogP contribution in [0.5, 0.6) is 0 Å². The van der Waals surface area contributed by atoms with E-state index in [1.807, 2.05) is 0 Å². The summed E-state index contributed by atoms with van der Waals surface area (Å²) in [4.78, 5) is 20.5. The lowest BCUT2D eigenvalue weighted by molar-refractivity contribution is -0.140. The number of carboxylic acid groups (broad SMARTS) is 2. The van der Waals surface area contributed by atoms with Gasteiger partial charge in [0.2, 0.25) is 0 Å². The number of nitrogens with two attached hydrogens (primary N) is 1. The third-order valence-electron chi connectivity index (χ3n) is 1.66. The van der Waals surface area contributed by atoms with Crippen molar-refractivity contribution in [3.8, 4) is 0 Å². The summed E-state index contributed by atoms with van der Waals surface area (Å²) in [6.45, 7) is 0. The monoisotopic (exact) mass is 241 g/mol. The van der Waals surface area contributed by atoms with Crippen molar-refractivity contribution in [2.24, 2.45) is 5.73 Å². The number of hydrogen-bond donors (Lipinski definition) is 4. The van der Waals surface area contributed by atoms with E-state index >= 15 is 0 Å². The first-order valence-electron chi connectivity index (χ1n) is 3.81. The van der Waals surface area contributed by atoms with Gasteiger partial charge in [-0.15, -0.1) is 0 Å². The Morgan fingerprint density at radius 2 is 1.73 bits per heavy atom. The van der Waals surface area contributed by atoms with Crippen LogP contribution in [0.15, 0.2) is 0 Å². The standard InChI is InChI=1S/C6H11NO7S/c7-4(6(10)11)1-3(2-5(8)9)15(12,13)14/h3-4H,1-2,7H2,(H,8,9)(H,10,11)(H,12,13,14)/t3-,4+/m1/s1. The van der Waals surface area contributed by atoms with Crippen molar-refractivity contribution in [2.75, 3.05) is 0 Å². The fraction of sp³-hybridized carbons (Fsp3) is 0.667. The lowest BCUT2D eigenvalue weighted by Gasteiger charge is -2.13. The van der Waals surface area contributed by atoms with Gasteiger partial charge in [0.25, 0.3) is 10.1 Å². The fourth-order valence-electron chi connectivity index (χ4n) is 0.889. The van der Waals surface area contributed by atoms with Gasteiger partial charge in [-0.3, -0.25) is 14.1 Å². The number of hydrogen-bond acceptors (Lipinski definition) is 5. The minimum atomic E-state index is -4.61. The Balaban J connectivity index is 4.67. The van der Waals surface area contributed by atoms with Crippen molar-refractivity contribution in [1.82, 2.24) is 0 Å². The molecule has 0 bridgehead atoms. The van der Waals surface area contributed by atoms with Crippen molar-refractivity contribution >= 4 is 22.1 Å². The van der Waals surface area contributed by atoms with Crippen molar-refractivity contribution in [1.29, 1.82) is 0 Å². The Kier molecular flexibility index (Phi) is 4.65. The minimum Gasteiger partial charge on any atom is -0.481 e. The highest BCUT2D eigenvalue weighted by Gasteiger charge is 2.30. The first kappa shape index (κ1) is 13.8. The number of carbonyl (C=O) groups is 2. The molecule has 0 aromatic heterocycles. The summed E-state index contributed by atoms with van der Waals surface area (Å²) >= 11 is 0. The molecule has 0 heterocycles. The van der Waals surface area contributed by atoms with Gasteiger partial charge in [-0.2, -0.15) is 8.42 Å². The Labute approximate surface area is 85.4 Å². The van der Waals surface area contributed by atoms with E-state index in [4.69, 9.17) is 20.5 Å². The van der Waals surface area contributed by atoms with Gasteiger partial charge in [0.15, 0.2) is 0 Å². The first-order chi connectivity index (χ1) is 6.64. The van der Waals surface area contributed by atoms with Gasteiger partial charge in [0.1, 0.15) is 6.04 Å². The number of carboxylic acids is 2. The molecule has 9 heteroatoms. The van der Waals surface area contributed by atoms with Crippen LogP contribution < -0.4 is 5.73 Å². The zero-order chi connectivity index (χ0) is 12.2. The van der Waals surface area contributed by atoms with E-state index in [2.05, 4.69) is 0 Å². The lowest BCUT2D eigenvalue weighted by atomic mass is 10.1. The Bertz CT molecular complexity index is 348. The van der Waals surface area contributed by atoms with Crippen LogP contribution in [0.3, 0.4) is 0 Å². The van der Waals surface area contributed by atoms with Gasteiger partial charge in [0.05, 0.1) is 11.7 Å². The molecular formula is C6H11NO7S. The highest BCUT2D eigenvalue weighted by Crippen LogP contribution is 2.11. The molecule has 0 aliphatic heterocycles. The maximum Gasteiger partial charge on any atom is 0.320 e. The summed E-state index contributed by atoms with van der Waals surface area (Å²) in [5, 5.41) is 15.0. The van der Waals surface area contributed by atoms with Crippen LogP contribution in [0.4, 0.5) is 0 Å². The van der Waals surface area contributed by atoms with Crippen molar-refractivity contribution in [3.05, 3.63) is 0 Å². The van der Waals surface area contributed by atoms with Gasteiger partial charge >= 0.3 is 11.9 Å². The third-order valence-corrected chi connectivity index (χ3v) is 2.86. The summed E-state index contributed by atoms with van der Waals surface area (Å²) in [5.74, 6) is -2.93. The predicted octanol–water partition coefficient (Wildman–Crippen LogP) is -1.48. The average Bonchev–Trinajstić information content (AvgIpc) is 2.00. The summed E-state index contributed by atoms with van der Waals surface area (Å²) in [6, 6.07) is -1.53. The second-order valence-corrected chi connectivity index (χ2v) is 4.61. The fourth-order valence-corrected chi connectivity index (χ4v) is 1.69. The van der Waals surface area contributed by atoms with Crippen LogP contribution in [0.25, 0.3) is 0 Å². The van der Waals surface area contributed by atoms with Crippen molar-refractivity contribution in [3.63, 3.8) is 0 Å². The molecule has 0 aliphatic rings. The molecule has 8 nitrogen and oxygen atoms in total. The molecule has 0 saturated heterocycles. The minimum absolute atomic E-state index is 0.652. The Morgan fingerprint density at radius 3 is 2.00 bits per heavy atom. The Morgan fingerprint density at radius 1 is 1.27 bits per heavy atom. The molecule has 0 amide bonds. The second kappa shape index (κ2) is 5.05. The number of rotatable bonds is 6. The molecule has 0 rings (SSSR count). The lowest BCUT2D eigenvalue weighted by Crippen LogP contribution is -2.37. The van der Waals surface area contributed by atoms with Crippen molar-refractivity contribution in [2.45, 2.75) is 24.1 Å². The number of aliphatic carboxylic acids is 2. The first-order valence-corrected chi connectivity index (χ1v) is 5.31. The van der Waals surface area contributed by atoms with Gasteiger partial charge in [-0.25, -0.2) is 0 Å². The highest BCUT2D eigenvalue weighted by atomic mass is 32.2. The van der Waals surface area contributed by atoms with E-state index in [0.29, 0.717) is 0 Å². The normalized spacial score (nSPS) is 15.6. The van der Waals surface area contributed by atoms with E-state index < -0.39 is 46.2 Å². The topological polar surface area (TPSA) is 155 Å². The van der Waals surface area contributed by atoms with Crippen LogP contribution in [-0.4, -0.2) is 46.4 Å². The maximum atomic E-state index is 10.7. The average molecular weight is 241 g/mol. The molecule has 0 radical (unpaired) electrons. The predicted molar refractivity (Wildman–Crippen MR) is 47.8 cm³/mol. The van der Waals surface area contributed by atoms with Gasteiger partial charge in [-0.05, 0) is 6.42 Å². The second-order valence-electron chi connectivity index (χ2n) is 2.92. The molecule has 0 saturated carbocycles. The summed E-state index contributed by atoms with van der Waals surface area (Å²) < 4.78 is 30.0. The molecule has 0 unspecified atom stereocenters. The van der Waals surface area contributed by atoms with Crippen LogP contribution in [0.1, 0.15) is 12.8 Å². The molecule has 0 spiro atoms. The Hall–Kier alpha value is -1.19. The zero-order valence-corrected chi connectivity index (χ0v) is 8.35. The largest absolute Gasteiger partial charge is 0.481 e. The van der Waals surface area contributed by atoms with E-state index in [9.17, 15) is 18.0 Å². The van der Waals surface area contributed by atoms with Crippen LogP contribution >= 0.6 is 0 Å². The molecule has 0 aromatic rings. The SMILES string of the molecule is N[C@@H](C[C@H](CC(=O)O)S(=O)(=O)O)C(=O)O. The van der Waals surface area contributed by atoms with E-state index in [1.165, 1.54) is 0 Å². The van der Waals surface area contributed by atoms with E-state index in [0.717, 1.165) is 0 Å². The summed E-state index contributed by atoms with van der Waals surface area (Å²) in [6.07, 6.45) is -1.54. The van der Waals surface area contributed by atoms with Crippen LogP contribution in [0.2, 0.25) is 0 Å². The smallest absolute Gasteiger partial charge is 0.320 e. The van der Waals surface area contributed by atoms with E-state index in [1.54, 1.807) is 0 Å². The van der Waals surface area contributed by atoms with Crippen molar-refractivity contribution < 1.29 is 32.8 Å². The van der Waals surface area contributed by atoms with Gasteiger partial charge in [-0.1, -0.05) is 0 Å². The van der Waals surface area contributed by atoms with Gasteiger partial charge < -0.3 is 15.9 Å². The zero-order valence-electron chi connectivity index (χ0n) is 7.53. The molecule has 0 aliphatic carbocycles. The van der Waals surface area contributed by atoms with Crippen LogP contribution in [-0.2, 0) is 19.7 Å². The maximum absolute atomic E-state index is 10.7. The van der Waals surface area contributed by atoms with Gasteiger partial charge in [0, 0.05) is 0 Å².